The Morgan fingerprint density at radius 1 is 1.56 bits per heavy atom. The third-order valence-corrected chi connectivity index (χ3v) is 1.27. The highest BCUT2D eigenvalue weighted by atomic mass is 35.5. The number of halogens is 1. The smallest absolute Gasteiger partial charge is 0.0521 e. The number of hydrogen-bond acceptors (Lipinski definition) is 2. The van der Waals surface area contributed by atoms with Crippen LogP contribution in [0.5, 0.6) is 0 Å². The molecule has 0 fully saturated rings. The predicted octanol–water partition coefficient (Wildman–Crippen LogP) is 1.62. The third kappa shape index (κ3) is 5.56. The average molecular weight is 151 g/mol. The molecule has 9 heavy (non-hydrogen) atoms. The standard InChI is InChI=1S/C5H11ClN2O/c1-8(7-9)5-3-2-4-6/h2-5H2,1H3. The fraction of sp³-hybridized carbons (Fsp3) is 1.00. The lowest BCUT2D eigenvalue weighted by molar-refractivity contribution is 0.342. The summed E-state index contributed by atoms with van der Waals surface area (Å²) in [6, 6.07) is 0. The highest BCUT2D eigenvalue weighted by Crippen LogP contribution is 1.93. The molecule has 0 aromatic rings. The zero-order chi connectivity index (χ0) is 7.11. The molecule has 3 nitrogen and oxygen atoms in total. The van der Waals surface area contributed by atoms with Gasteiger partial charge in [0.15, 0.2) is 0 Å². The molecule has 0 bridgehead atoms. The molecule has 0 aromatic heterocycles. The summed E-state index contributed by atoms with van der Waals surface area (Å²) in [7, 11) is 1.65. The molecule has 0 N–H and O–H groups in total. The number of unbranched alkanes of at least 4 members (excludes halogenated alkanes) is 1. The van der Waals surface area contributed by atoms with E-state index in [0.717, 1.165) is 12.8 Å². The molecule has 0 aliphatic rings. The van der Waals surface area contributed by atoms with Crippen molar-refractivity contribution in [3.63, 3.8) is 0 Å². The van der Waals surface area contributed by atoms with Crippen LogP contribution < -0.4 is 0 Å². The summed E-state index contributed by atoms with van der Waals surface area (Å²) in [6.07, 6.45) is 1.88. The minimum atomic E-state index is 0.659. The Bertz CT molecular complexity index is 79.4. The van der Waals surface area contributed by atoms with Crippen LogP contribution in [0, 0.1) is 4.91 Å². The van der Waals surface area contributed by atoms with E-state index in [1.807, 2.05) is 0 Å². The second-order valence-electron chi connectivity index (χ2n) is 1.86. The lowest BCUT2D eigenvalue weighted by Gasteiger charge is -2.05. The Labute approximate surface area is 59.9 Å². The fourth-order valence-corrected chi connectivity index (χ4v) is 0.665. The van der Waals surface area contributed by atoms with Gasteiger partial charge in [-0.3, -0.25) is 5.01 Å². The second-order valence-corrected chi connectivity index (χ2v) is 2.24. The first-order valence-electron chi connectivity index (χ1n) is 2.91. The first-order valence-corrected chi connectivity index (χ1v) is 3.45. The molecule has 0 aliphatic heterocycles. The van der Waals surface area contributed by atoms with Crippen LogP contribution >= 0.6 is 11.6 Å². The van der Waals surface area contributed by atoms with Crippen molar-refractivity contribution in [1.82, 2.24) is 5.01 Å². The van der Waals surface area contributed by atoms with Gasteiger partial charge in [0.1, 0.15) is 0 Å². The number of rotatable bonds is 5. The van der Waals surface area contributed by atoms with Crippen molar-refractivity contribution >= 4 is 11.6 Å². The molecule has 0 rings (SSSR count). The summed E-state index contributed by atoms with van der Waals surface area (Å²) in [4.78, 5) is 9.74. The van der Waals surface area contributed by atoms with Crippen LogP contribution in [0.4, 0.5) is 0 Å². The molecular weight excluding hydrogens is 140 g/mol. The summed E-state index contributed by atoms with van der Waals surface area (Å²) in [6.45, 7) is 0.705. The van der Waals surface area contributed by atoms with Gasteiger partial charge < -0.3 is 0 Å². The fourth-order valence-electron chi connectivity index (χ4n) is 0.476. The van der Waals surface area contributed by atoms with Gasteiger partial charge in [0.2, 0.25) is 0 Å². The predicted molar refractivity (Wildman–Crippen MR) is 38.4 cm³/mol. The molecule has 54 valence electrons. The number of alkyl halides is 1. The minimum Gasteiger partial charge on any atom is -0.264 e. The first kappa shape index (κ1) is 8.69. The van der Waals surface area contributed by atoms with Gasteiger partial charge in [-0.05, 0) is 12.8 Å². The zero-order valence-electron chi connectivity index (χ0n) is 5.51. The summed E-state index contributed by atoms with van der Waals surface area (Å²) in [5.41, 5.74) is 0. The van der Waals surface area contributed by atoms with Crippen molar-refractivity contribution in [3.05, 3.63) is 4.91 Å². The minimum absolute atomic E-state index is 0.659. The maximum Gasteiger partial charge on any atom is 0.0521 e. The Kier molecular flexibility index (Phi) is 5.62. The van der Waals surface area contributed by atoms with Crippen LogP contribution in [0.1, 0.15) is 12.8 Å². The molecule has 0 spiro atoms. The van der Waals surface area contributed by atoms with E-state index in [4.69, 9.17) is 11.6 Å². The van der Waals surface area contributed by atoms with Crippen LogP contribution in [0.3, 0.4) is 0 Å². The van der Waals surface area contributed by atoms with E-state index in [1.54, 1.807) is 7.05 Å². The molecule has 0 aliphatic carbocycles. The van der Waals surface area contributed by atoms with Gasteiger partial charge >= 0.3 is 0 Å². The number of nitroso groups, excluding NO2 is 1. The van der Waals surface area contributed by atoms with Crippen molar-refractivity contribution in [1.29, 1.82) is 0 Å². The Morgan fingerprint density at radius 3 is 2.67 bits per heavy atom. The zero-order valence-corrected chi connectivity index (χ0v) is 6.26. The summed E-state index contributed by atoms with van der Waals surface area (Å²) in [5, 5.41) is 4.07. The Morgan fingerprint density at radius 2 is 2.22 bits per heavy atom. The molecule has 0 saturated heterocycles. The third-order valence-electron chi connectivity index (χ3n) is 1.00. The topological polar surface area (TPSA) is 32.7 Å². The van der Waals surface area contributed by atoms with Gasteiger partial charge in [0.25, 0.3) is 0 Å². The van der Waals surface area contributed by atoms with Gasteiger partial charge in [-0.15, -0.1) is 16.5 Å². The van der Waals surface area contributed by atoms with Crippen molar-refractivity contribution in [2.24, 2.45) is 5.29 Å². The second kappa shape index (κ2) is 5.82. The van der Waals surface area contributed by atoms with Crippen molar-refractivity contribution < 1.29 is 0 Å². The molecule has 4 heteroatoms. The molecule has 0 aromatic carbocycles. The highest BCUT2D eigenvalue weighted by molar-refractivity contribution is 6.17. The highest BCUT2D eigenvalue weighted by Gasteiger charge is 1.91. The SMILES string of the molecule is CN(CCCCCl)N=O. The number of nitrogens with zero attached hydrogens (tertiary/aromatic N) is 2. The van der Waals surface area contributed by atoms with Crippen LogP contribution in [0.15, 0.2) is 5.29 Å². The maximum atomic E-state index is 9.74. The van der Waals surface area contributed by atoms with E-state index in [9.17, 15) is 4.91 Å². The van der Waals surface area contributed by atoms with E-state index in [2.05, 4.69) is 5.29 Å². The molecular formula is C5H11ClN2O. The largest absolute Gasteiger partial charge is 0.264 e. The Hall–Kier alpha value is -0.310. The normalized spacial score (nSPS) is 9.11. The number of hydrogen-bond donors (Lipinski definition) is 0. The monoisotopic (exact) mass is 150 g/mol. The van der Waals surface area contributed by atoms with Crippen LogP contribution in [-0.4, -0.2) is 24.5 Å². The quantitative estimate of drug-likeness (QED) is 0.258. The van der Waals surface area contributed by atoms with Gasteiger partial charge in [-0.2, -0.15) is 0 Å². The van der Waals surface area contributed by atoms with E-state index in [0.29, 0.717) is 12.4 Å². The lowest BCUT2D eigenvalue weighted by Crippen LogP contribution is -2.11. The molecule has 0 saturated carbocycles. The molecule has 0 amide bonds. The van der Waals surface area contributed by atoms with Gasteiger partial charge in [-0.1, -0.05) is 0 Å². The summed E-state index contributed by atoms with van der Waals surface area (Å²) >= 11 is 5.40. The summed E-state index contributed by atoms with van der Waals surface area (Å²) in [5.74, 6) is 0.659. The lowest BCUT2D eigenvalue weighted by atomic mass is 10.3. The van der Waals surface area contributed by atoms with E-state index < -0.39 is 0 Å². The summed E-state index contributed by atoms with van der Waals surface area (Å²) < 4.78 is 0. The maximum absolute atomic E-state index is 9.74. The van der Waals surface area contributed by atoms with E-state index in [1.165, 1.54) is 5.01 Å². The van der Waals surface area contributed by atoms with Gasteiger partial charge in [-0.25, -0.2) is 0 Å². The van der Waals surface area contributed by atoms with Crippen LogP contribution in [0.25, 0.3) is 0 Å². The average Bonchev–Trinajstić information content (AvgIpc) is 1.89. The van der Waals surface area contributed by atoms with E-state index >= 15 is 0 Å². The van der Waals surface area contributed by atoms with Gasteiger partial charge in [0, 0.05) is 19.5 Å². The first-order chi connectivity index (χ1) is 4.31. The molecule has 0 atom stereocenters. The van der Waals surface area contributed by atoms with Crippen molar-refractivity contribution in [2.75, 3.05) is 19.5 Å². The van der Waals surface area contributed by atoms with Crippen molar-refractivity contribution in [2.45, 2.75) is 12.8 Å². The van der Waals surface area contributed by atoms with Crippen LogP contribution in [0.2, 0.25) is 0 Å². The molecule has 0 radical (unpaired) electrons. The van der Waals surface area contributed by atoms with E-state index in [-0.39, 0.29) is 0 Å². The Balaban J connectivity index is 2.96. The van der Waals surface area contributed by atoms with Crippen molar-refractivity contribution in [3.8, 4) is 0 Å². The van der Waals surface area contributed by atoms with Gasteiger partial charge in [0.05, 0.1) is 5.29 Å². The molecule has 0 heterocycles. The molecule has 0 unspecified atom stereocenters. The van der Waals surface area contributed by atoms with Crippen LogP contribution in [-0.2, 0) is 0 Å².